The number of benzene rings is 4. The highest BCUT2D eigenvalue weighted by Crippen LogP contribution is 2.26. The van der Waals surface area contributed by atoms with Gasteiger partial charge in [-0.1, -0.05) is 24.3 Å². The van der Waals surface area contributed by atoms with E-state index in [1.54, 1.807) is 30.3 Å². The quantitative estimate of drug-likeness (QED) is 0.0168. The van der Waals surface area contributed by atoms with E-state index in [0.29, 0.717) is 28.7 Å². The highest BCUT2D eigenvalue weighted by Gasteiger charge is 2.29. The number of amides is 4. The maximum absolute atomic E-state index is 14.4. The van der Waals surface area contributed by atoms with Crippen LogP contribution >= 0.6 is 0 Å². The van der Waals surface area contributed by atoms with Gasteiger partial charge in [0.25, 0.3) is 23.6 Å². The molecule has 0 radical (unpaired) electrons. The predicted molar refractivity (Wildman–Crippen MR) is 316 cm³/mol. The van der Waals surface area contributed by atoms with Gasteiger partial charge in [-0.25, -0.2) is 0 Å². The number of aliphatic carboxylic acids is 1. The first-order valence-electron chi connectivity index (χ1n) is 26.8. The summed E-state index contributed by atoms with van der Waals surface area (Å²) in [6.07, 6.45) is 0.165. The van der Waals surface area contributed by atoms with E-state index < -0.39 is 71.6 Å². The zero-order valence-corrected chi connectivity index (χ0v) is 48.1. The van der Waals surface area contributed by atoms with Crippen molar-refractivity contribution in [3.8, 4) is 23.0 Å². The summed E-state index contributed by atoms with van der Waals surface area (Å²) >= 11 is 0. The fourth-order valence-corrected chi connectivity index (χ4v) is 8.84. The molecule has 0 heterocycles. The van der Waals surface area contributed by atoms with E-state index >= 15 is 0 Å². The lowest BCUT2D eigenvalue weighted by molar-refractivity contribution is -0.136. The number of aliphatic imine (C=N–C) groups is 3. The highest BCUT2D eigenvalue weighted by molar-refractivity contribution is 6.04. The van der Waals surface area contributed by atoms with Gasteiger partial charge in [-0.15, -0.1) is 0 Å². The number of nitrogens with two attached hydrogens (primary N) is 6. The smallest absolute Gasteiger partial charge is 0.322 e. The van der Waals surface area contributed by atoms with Gasteiger partial charge < -0.3 is 79.7 Å². The second-order valence-corrected chi connectivity index (χ2v) is 19.4. The van der Waals surface area contributed by atoms with Crippen molar-refractivity contribution in [2.45, 2.75) is 89.3 Å². The van der Waals surface area contributed by atoms with Crippen LogP contribution in [-0.2, 0) is 49.7 Å². The Kier molecular flexibility index (Phi) is 26.8. The number of nitrogens with zero attached hydrogens (tertiary/aromatic N) is 3. The average molecular weight is 1180 g/mol. The molecule has 456 valence electrons. The molecule has 85 heavy (non-hydrogen) atoms. The lowest BCUT2D eigenvalue weighted by Crippen LogP contribution is -2.42. The molecule has 0 aromatic heterocycles. The summed E-state index contributed by atoms with van der Waals surface area (Å²) < 4.78 is 21.8. The van der Waals surface area contributed by atoms with Gasteiger partial charge in [0.15, 0.2) is 35.2 Å². The largest absolute Gasteiger partial charge is 0.496 e. The molecule has 0 saturated carbocycles. The second kappa shape index (κ2) is 33.7. The van der Waals surface area contributed by atoms with Gasteiger partial charge in [-0.2, -0.15) is 0 Å². The minimum absolute atomic E-state index is 0.0237. The van der Waals surface area contributed by atoms with Gasteiger partial charge in [-0.3, -0.25) is 58.1 Å². The maximum atomic E-state index is 14.4. The molecule has 0 aliphatic heterocycles. The van der Waals surface area contributed by atoms with Crippen LogP contribution in [0.4, 0.5) is 0 Å². The van der Waals surface area contributed by atoms with Gasteiger partial charge in [0, 0.05) is 45.3 Å². The first-order valence-corrected chi connectivity index (χ1v) is 26.8. The molecular weight excluding hydrogens is 1100 g/mol. The van der Waals surface area contributed by atoms with E-state index in [0.717, 1.165) is 0 Å². The van der Waals surface area contributed by atoms with Crippen LogP contribution in [0.5, 0.6) is 23.0 Å². The molecule has 4 amide bonds. The number of carboxylic acids is 1. The Bertz CT molecular complexity index is 3170. The Morgan fingerprint density at radius 1 is 0.435 bits per heavy atom. The molecule has 0 unspecified atom stereocenters. The zero-order valence-electron chi connectivity index (χ0n) is 48.1. The molecule has 4 aromatic rings. The third kappa shape index (κ3) is 22.0. The summed E-state index contributed by atoms with van der Waals surface area (Å²) in [7, 11) is 5.37. The Hall–Kier alpha value is -10.1. The minimum Gasteiger partial charge on any atom is -0.496 e. The highest BCUT2D eigenvalue weighted by atomic mass is 16.5. The first kappa shape index (κ1) is 67.4. The number of carbonyl (C=O) groups excluding carboxylic acids is 8. The Morgan fingerprint density at radius 3 is 0.953 bits per heavy atom. The van der Waals surface area contributed by atoms with Crippen molar-refractivity contribution in [3.63, 3.8) is 0 Å². The zero-order chi connectivity index (χ0) is 62.8. The number of ether oxygens (including phenoxy) is 4. The van der Waals surface area contributed by atoms with Crippen LogP contribution in [0.3, 0.4) is 0 Å². The number of nitrogens with one attached hydrogen (secondary N) is 4. The number of rotatable bonds is 36. The lowest BCUT2D eigenvalue weighted by atomic mass is 9.96. The van der Waals surface area contributed by atoms with Crippen molar-refractivity contribution >= 4 is 70.6 Å². The van der Waals surface area contributed by atoms with E-state index in [9.17, 15) is 43.2 Å². The van der Waals surface area contributed by atoms with Crippen molar-refractivity contribution in [2.24, 2.45) is 49.4 Å². The van der Waals surface area contributed by atoms with Crippen LogP contribution in [0.2, 0.25) is 0 Å². The van der Waals surface area contributed by atoms with Crippen LogP contribution < -0.4 is 74.6 Å². The molecule has 0 aliphatic carbocycles. The van der Waals surface area contributed by atoms with Gasteiger partial charge in [0.1, 0.15) is 35.3 Å². The summed E-state index contributed by atoms with van der Waals surface area (Å²) in [5, 5.41) is 19.7. The monoisotopic (exact) mass is 1180 g/mol. The normalized spacial score (nSPS) is 11.7. The fraction of sp³-hybridized carbons (Fsp3) is 0.379. The summed E-state index contributed by atoms with van der Waals surface area (Å²) in [6.45, 7) is 1.12. The number of methoxy groups -OCH3 is 4. The average Bonchev–Trinajstić information content (AvgIpc) is 3.67. The molecule has 0 fully saturated rings. The van der Waals surface area contributed by atoms with Crippen LogP contribution in [0.15, 0.2) is 87.8 Å². The molecule has 4 rings (SSSR count). The van der Waals surface area contributed by atoms with Crippen molar-refractivity contribution in [1.29, 1.82) is 0 Å². The SMILES string of the molecule is COc1ccc(CC(=O)[C@H](CCCN=C(N)N)NC(=O)c2cc(CC(=O)[C@H](CCCN=C(N)N)NC(=O)c3cc(CC(=O)[C@H](CCCN=C(N)N)NC(=O)c4cc(CC(C)=O)ccc4OC)ccc3OC)ccc2OC)cc1C(=O)NCC(=O)O. The van der Waals surface area contributed by atoms with Crippen LogP contribution in [0.1, 0.15) is 109 Å². The van der Waals surface area contributed by atoms with Crippen LogP contribution in [-0.4, -0.2) is 148 Å². The summed E-state index contributed by atoms with van der Waals surface area (Å²) in [5.74, 6) is -5.68. The molecule has 17 N–H and O–H groups in total. The summed E-state index contributed by atoms with van der Waals surface area (Å²) in [4.78, 5) is 133. The number of hydrogen-bond acceptors (Lipinski definition) is 16. The molecule has 0 spiro atoms. The van der Waals surface area contributed by atoms with Gasteiger partial charge in [0.05, 0.1) is 68.8 Å². The fourth-order valence-electron chi connectivity index (χ4n) is 8.84. The van der Waals surface area contributed by atoms with Gasteiger partial charge >= 0.3 is 5.97 Å². The number of carbonyl (C=O) groups is 9. The van der Waals surface area contributed by atoms with Crippen molar-refractivity contribution in [1.82, 2.24) is 21.3 Å². The van der Waals surface area contributed by atoms with Crippen molar-refractivity contribution in [3.05, 3.63) is 117 Å². The van der Waals surface area contributed by atoms with E-state index in [2.05, 4.69) is 36.2 Å². The Morgan fingerprint density at radius 2 is 0.706 bits per heavy atom. The minimum atomic E-state index is -1.27. The Labute approximate surface area is 491 Å². The number of guanidine groups is 3. The van der Waals surface area contributed by atoms with Gasteiger partial charge in [0.2, 0.25) is 0 Å². The molecule has 0 saturated heterocycles. The number of hydrogen-bond donors (Lipinski definition) is 11. The third-order valence-electron chi connectivity index (χ3n) is 12.9. The summed E-state index contributed by atoms with van der Waals surface area (Å²) in [6, 6.07) is 14.6. The van der Waals surface area contributed by atoms with Crippen molar-refractivity contribution in [2.75, 3.05) is 54.6 Å². The van der Waals surface area contributed by atoms with E-state index in [-0.39, 0.29) is 146 Å². The number of ketones is 4. The lowest BCUT2D eigenvalue weighted by Gasteiger charge is -2.21. The predicted octanol–water partition coefficient (Wildman–Crippen LogP) is 0.558. The molecule has 3 atom stereocenters. The maximum Gasteiger partial charge on any atom is 0.322 e. The standard InChI is InChI=1S/C58H75N13O14/c1-32(72)23-33-12-16-48(83-3)38(24-33)53(79)69-42(10-7-21-66-57(61)62)45(74)29-35-14-18-50(85-5)40(26-35)55(81)71-43(11-8-22-67-58(63)64)46(75)30-36-15-19-49(84-4)39(27-36)54(80)70-41(9-6-20-65-56(59)60)44(73)28-34-13-17-47(82-2)37(25-34)52(78)68-31-51(76)77/h12-19,24-27,41-43H,6-11,20-23,28-31H2,1-5H3,(H,68,78)(H,69,79)(H,70,80)(H,71,81)(H,76,77)(H4,59,60,65)(H4,61,62,66)(H4,63,64,67)/t41-,42-,43-/m0/s1. The molecular formula is C58H75N13O14. The second-order valence-electron chi connectivity index (χ2n) is 19.4. The molecule has 0 aliphatic rings. The van der Waals surface area contributed by atoms with Gasteiger partial charge in [-0.05, 0) is 116 Å². The molecule has 4 aromatic carbocycles. The van der Waals surface area contributed by atoms with Crippen LogP contribution in [0, 0.1) is 0 Å². The number of carboxylic acid groups (broad SMARTS) is 1. The topological polar surface area (TPSA) is 452 Å². The van der Waals surface area contributed by atoms with E-state index in [1.165, 1.54) is 77.8 Å². The molecule has 27 nitrogen and oxygen atoms in total. The molecule has 27 heteroatoms. The Balaban J connectivity index is 1.62. The van der Waals surface area contributed by atoms with E-state index in [4.69, 9.17) is 58.5 Å². The third-order valence-corrected chi connectivity index (χ3v) is 12.9. The summed E-state index contributed by atoms with van der Waals surface area (Å²) in [5.41, 5.74) is 34.8. The van der Waals surface area contributed by atoms with Crippen molar-refractivity contribution < 1.29 is 67.2 Å². The van der Waals surface area contributed by atoms with E-state index in [1.807, 2.05) is 0 Å². The first-order chi connectivity index (χ1) is 40.5. The number of Topliss-reactive ketones (excluding diaryl/α,β-unsaturated/α-hetero) is 4. The van der Waals surface area contributed by atoms with Crippen LogP contribution in [0.25, 0.3) is 0 Å². The molecule has 0 bridgehead atoms.